The lowest BCUT2D eigenvalue weighted by Gasteiger charge is -2.30. The van der Waals surface area contributed by atoms with Crippen molar-refractivity contribution in [2.24, 2.45) is 0 Å². The van der Waals surface area contributed by atoms with Crippen LogP contribution in [0.4, 0.5) is 17.6 Å². The highest BCUT2D eigenvalue weighted by molar-refractivity contribution is 9.09. The van der Waals surface area contributed by atoms with Crippen LogP contribution in [-0.4, -0.2) is 22.1 Å². The van der Waals surface area contributed by atoms with E-state index in [0.29, 0.717) is 23.1 Å². The fourth-order valence-corrected chi connectivity index (χ4v) is 3.62. The van der Waals surface area contributed by atoms with Gasteiger partial charge in [-0.15, -0.1) is 0 Å². The Hall–Kier alpha value is -0.630. The molecule has 0 aliphatic heterocycles. The zero-order chi connectivity index (χ0) is 16.3. The number of carbonyl (C=O) groups excluding carboxylic acids is 1. The van der Waals surface area contributed by atoms with Crippen molar-refractivity contribution in [1.82, 2.24) is 5.32 Å². The van der Waals surface area contributed by atoms with E-state index in [1.54, 1.807) is 0 Å². The second-order valence-electron chi connectivity index (χ2n) is 4.52. The maximum absolute atomic E-state index is 13.9. The molecule has 1 N–H and O–H groups in total. The Balaban J connectivity index is 3.15. The summed E-state index contributed by atoms with van der Waals surface area (Å²) in [5.74, 6) is -2.43. The highest BCUT2D eigenvalue weighted by atomic mass is 79.9. The molecule has 0 unspecified atom stereocenters. The van der Waals surface area contributed by atoms with Gasteiger partial charge in [0.05, 0.1) is 16.7 Å². The summed E-state index contributed by atoms with van der Waals surface area (Å²) in [6.45, 7) is 1.81. The summed E-state index contributed by atoms with van der Waals surface area (Å²) in [5.41, 5.74) is -2.77. The van der Waals surface area contributed by atoms with E-state index in [4.69, 9.17) is 0 Å². The van der Waals surface area contributed by atoms with Gasteiger partial charge in [-0.2, -0.15) is 13.2 Å². The minimum absolute atomic E-state index is 0.383. The monoisotopic (exact) mass is 433 g/mol. The fourth-order valence-electron chi connectivity index (χ4n) is 1.61. The maximum atomic E-state index is 13.9. The molecule has 1 amide bonds. The number of carbonyl (C=O) groups is 1. The second-order valence-corrected chi connectivity index (χ2v) is 5.64. The molecule has 1 aromatic rings. The third kappa shape index (κ3) is 4.18. The average Bonchev–Trinajstić information content (AvgIpc) is 2.43. The van der Waals surface area contributed by atoms with Crippen molar-refractivity contribution in [2.75, 3.05) is 10.7 Å². The molecular weight excluding hydrogens is 422 g/mol. The molecule has 0 spiro atoms. The van der Waals surface area contributed by atoms with Gasteiger partial charge in [-0.3, -0.25) is 4.79 Å². The van der Waals surface area contributed by atoms with Gasteiger partial charge in [0.1, 0.15) is 5.82 Å². The van der Waals surface area contributed by atoms with Gasteiger partial charge in [0.25, 0.3) is 5.91 Å². The number of rotatable bonds is 5. The Labute approximate surface area is 136 Å². The lowest BCUT2D eigenvalue weighted by Crippen LogP contribution is -2.51. The van der Waals surface area contributed by atoms with Crippen molar-refractivity contribution in [3.05, 3.63) is 35.1 Å². The van der Waals surface area contributed by atoms with Crippen molar-refractivity contribution < 1.29 is 22.4 Å². The summed E-state index contributed by atoms with van der Waals surface area (Å²) in [5, 5.41) is 3.34. The van der Waals surface area contributed by atoms with Crippen molar-refractivity contribution >= 4 is 37.8 Å². The van der Waals surface area contributed by atoms with Crippen LogP contribution in [0.25, 0.3) is 0 Å². The number of halogens is 6. The van der Waals surface area contributed by atoms with E-state index in [-0.39, 0.29) is 0 Å². The Bertz CT molecular complexity index is 507. The molecule has 0 aromatic heterocycles. The first-order chi connectivity index (χ1) is 9.70. The highest BCUT2D eigenvalue weighted by Gasteiger charge is 2.36. The minimum Gasteiger partial charge on any atom is -0.345 e. The van der Waals surface area contributed by atoms with Gasteiger partial charge in [-0.05, 0) is 18.6 Å². The first-order valence-corrected chi connectivity index (χ1v) is 8.25. The molecule has 0 aliphatic carbocycles. The van der Waals surface area contributed by atoms with Gasteiger partial charge in [0.2, 0.25) is 0 Å². The summed E-state index contributed by atoms with van der Waals surface area (Å²) in [6.07, 6.45) is -4.32. The Morgan fingerprint density at radius 3 is 2.24 bits per heavy atom. The standard InChI is InChI=1S/C13H13Br2F4NO/c1-2-12(6-14,7-15)20-11(21)8-4-3-5-9(10(8)16)13(17,18)19/h3-5H,2,6-7H2,1H3,(H,20,21). The molecule has 8 heteroatoms. The lowest BCUT2D eigenvalue weighted by atomic mass is 10.0. The summed E-state index contributed by atoms with van der Waals surface area (Å²) >= 11 is 6.48. The fraction of sp³-hybridized carbons (Fsp3) is 0.462. The van der Waals surface area contributed by atoms with Crippen LogP contribution < -0.4 is 5.32 Å². The molecule has 1 aromatic carbocycles. The van der Waals surface area contributed by atoms with Gasteiger partial charge < -0.3 is 5.32 Å². The van der Waals surface area contributed by atoms with Gasteiger partial charge in [0, 0.05) is 10.7 Å². The number of benzene rings is 1. The molecule has 21 heavy (non-hydrogen) atoms. The zero-order valence-electron chi connectivity index (χ0n) is 11.0. The first kappa shape index (κ1) is 18.4. The lowest BCUT2D eigenvalue weighted by molar-refractivity contribution is -0.140. The van der Waals surface area contributed by atoms with E-state index in [1.165, 1.54) is 0 Å². The minimum atomic E-state index is -4.84. The third-order valence-corrected chi connectivity index (χ3v) is 5.26. The van der Waals surface area contributed by atoms with Crippen molar-refractivity contribution in [3.8, 4) is 0 Å². The molecule has 0 fully saturated rings. The van der Waals surface area contributed by atoms with Crippen LogP contribution >= 0.6 is 31.9 Å². The van der Waals surface area contributed by atoms with Gasteiger partial charge in [-0.1, -0.05) is 44.8 Å². The predicted molar refractivity (Wildman–Crippen MR) is 79.5 cm³/mol. The predicted octanol–water partition coefficient (Wildman–Crippen LogP) is 4.51. The maximum Gasteiger partial charge on any atom is 0.419 e. The second kappa shape index (κ2) is 7.09. The largest absolute Gasteiger partial charge is 0.419 e. The van der Waals surface area contributed by atoms with Crippen LogP contribution in [0.3, 0.4) is 0 Å². The molecular formula is C13H13Br2F4NO. The summed E-state index contributed by atoms with van der Waals surface area (Å²) in [6, 6.07) is 2.65. The molecule has 1 rings (SSSR count). The Morgan fingerprint density at radius 2 is 1.81 bits per heavy atom. The Kier molecular flexibility index (Phi) is 6.22. The van der Waals surface area contributed by atoms with Crippen LogP contribution in [0, 0.1) is 5.82 Å². The topological polar surface area (TPSA) is 29.1 Å². The van der Waals surface area contributed by atoms with Crippen LogP contribution in [0.15, 0.2) is 18.2 Å². The normalized spacial score (nSPS) is 12.3. The van der Waals surface area contributed by atoms with E-state index in [2.05, 4.69) is 37.2 Å². The third-order valence-electron chi connectivity index (χ3n) is 3.12. The van der Waals surface area contributed by atoms with Crippen LogP contribution in [0.5, 0.6) is 0 Å². The SMILES string of the molecule is CCC(CBr)(CBr)NC(=O)c1cccc(C(F)(F)F)c1F. The molecule has 0 bridgehead atoms. The molecule has 0 atom stereocenters. The summed E-state index contributed by atoms with van der Waals surface area (Å²) in [4.78, 5) is 12.1. The molecule has 118 valence electrons. The van der Waals surface area contributed by atoms with Crippen LogP contribution in [-0.2, 0) is 6.18 Å². The number of hydrogen-bond donors (Lipinski definition) is 1. The number of amides is 1. The number of alkyl halides is 5. The quantitative estimate of drug-likeness (QED) is 0.536. The molecule has 0 saturated carbocycles. The molecule has 0 saturated heterocycles. The number of hydrogen-bond acceptors (Lipinski definition) is 1. The molecule has 0 aliphatic rings. The van der Waals surface area contributed by atoms with Crippen LogP contribution in [0.2, 0.25) is 0 Å². The molecule has 2 nitrogen and oxygen atoms in total. The molecule has 0 radical (unpaired) electrons. The smallest absolute Gasteiger partial charge is 0.345 e. The van der Waals surface area contributed by atoms with E-state index < -0.39 is 34.6 Å². The van der Waals surface area contributed by atoms with Crippen molar-refractivity contribution in [1.29, 1.82) is 0 Å². The summed E-state index contributed by atoms with van der Waals surface area (Å²) in [7, 11) is 0. The summed E-state index contributed by atoms with van der Waals surface area (Å²) < 4.78 is 51.8. The number of nitrogens with one attached hydrogen (secondary N) is 1. The van der Waals surface area contributed by atoms with Gasteiger partial charge in [0.15, 0.2) is 0 Å². The Morgan fingerprint density at radius 1 is 1.24 bits per heavy atom. The average molecular weight is 435 g/mol. The van der Waals surface area contributed by atoms with Gasteiger partial charge >= 0.3 is 6.18 Å². The van der Waals surface area contributed by atoms with Crippen molar-refractivity contribution in [3.63, 3.8) is 0 Å². The molecule has 0 heterocycles. The van der Waals surface area contributed by atoms with Gasteiger partial charge in [-0.25, -0.2) is 4.39 Å². The van der Waals surface area contributed by atoms with E-state index in [9.17, 15) is 22.4 Å². The van der Waals surface area contributed by atoms with Crippen LogP contribution in [0.1, 0.15) is 29.3 Å². The highest BCUT2D eigenvalue weighted by Crippen LogP contribution is 2.32. The van der Waals surface area contributed by atoms with Crippen molar-refractivity contribution in [2.45, 2.75) is 25.1 Å². The van der Waals surface area contributed by atoms with E-state index in [0.717, 1.165) is 12.1 Å². The zero-order valence-corrected chi connectivity index (χ0v) is 14.2. The van der Waals surface area contributed by atoms with E-state index in [1.807, 2.05) is 6.92 Å². The first-order valence-electron chi connectivity index (χ1n) is 6.01. The van der Waals surface area contributed by atoms with E-state index >= 15 is 0 Å².